The number of aryl methyl sites for hydroxylation is 1. The molecule has 1 saturated heterocycles. The van der Waals surface area contributed by atoms with Crippen molar-refractivity contribution in [1.29, 1.82) is 0 Å². The van der Waals surface area contributed by atoms with Crippen LogP contribution in [0.15, 0.2) is 47.4 Å². The Hall–Kier alpha value is -2.78. The number of aromatic nitrogens is 3. The van der Waals surface area contributed by atoms with Crippen molar-refractivity contribution in [3.8, 4) is 0 Å². The van der Waals surface area contributed by atoms with Crippen LogP contribution in [0.3, 0.4) is 0 Å². The molecule has 9 heteroatoms. The Bertz CT molecular complexity index is 1160. The van der Waals surface area contributed by atoms with Gasteiger partial charge >= 0.3 is 5.97 Å². The molecule has 1 atom stereocenters. The van der Waals surface area contributed by atoms with Gasteiger partial charge < -0.3 is 5.11 Å². The van der Waals surface area contributed by atoms with Gasteiger partial charge in [0.25, 0.3) is 0 Å². The van der Waals surface area contributed by atoms with Gasteiger partial charge in [0.1, 0.15) is 15.9 Å². The number of fused-ring (bicyclic) bond motifs is 1. The SMILES string of the molecule is Cn1nc2cccc(S(=O)(=O)N3CCC[C@@H](c4cccc(C(=O)O)c4)C3)c2n1. The van der Waals surface area contributed by atoms with Gasteiger partial charge in [-0.25, -0.2) is 13.2 Å². The van der Waals surface area contributed by atoms with E-state index in [2.05, 4.69) is 10.2 Å². The van der Waals surface area contributed by atoms with Gasteiger partial charge in [-0.2, -0.15) is 19.3 Å². The third-order valence-electron chi connectivity index (χ3n) is 5.08. The highest BCUT2D eigenvalue weighted by Crippen LogP contribution is 2.32. The minimum Gasteiger partial charge on any atom is -0.478 e. The van der Waals surface area contributed by atoms with Gasteiger partial charge in [0.15, 0.2) is 0 Å². The molecule has 0 amide bonds. The smallest absolute Gasteiger partial charge is 0.335 e. The van der Waals surface area contributed by atoms with Crippen molar-refractivity contribution < 1.29 is 18.3 Å². The van der Waals surface area contributed by atoms with Crippen molar-refractivity contribution >= 4 is 27.0 Å². The zero-order chi connectivity index (χ0) is 19.9. The summed E-state index contributed by atoms with van der Waals surface area (Å²) >= 11 is 0. The largest absolute Gasteiger partial charge is 0.478 e. The van der Waals surface area contributed by atoms with E-state index in [-0.39, 0.29) is 16.4 Å². The predicted molar refractivity (Wildman–Crippen MR) is 103 cm³/mol. The Balaban J connectivity index is 1.67. The third kappa shape index (κ3) is 3.27. The number of piperidine rings is 1. The summed E-state index contributed by atoms with van der Waals surface area (Å²) in [4.78, 5) is 12.8. The number of carboxylic acids is 1. The molecule has 0 radical (unpaired) electrons. The van der Waals surface area contributed by atoms with E-state index in [1.807, 2.05) is 6.07 Å². The average molecular weight is 400 g/mol. The van der Waals surface area contributed by atoms with Crippen molar-refractivity contribution in [2.75, 3.05) is 13.1 Å². The van der Waals surface area contributed by atoms with Crippen molar-refractivity contribution in [2.24, 2.45) is 7.05 Å². The summed E-state index contributed by atoms with van der Waals surface area (Å²) in [6.07, 6.45) is 1.52. The Labute approximate surface area is 162 Å². The van der Waals surface area contributed by atoms with E-state index in [9.17, 15) is 18.3 Å². The minimum absolute atomic E-state index is 0.0520. The molecular weight excluding hydrogens is 380 g/mol. The number of carbonyl (C=O) groups is 1. The molecule has 1 fully saturated rings. The first kappa shape index (κ1) is 18.6. The van der Waals surface area contributed by atoms with Crippen LogP contribution in [-0.4, -0.2) is 51.9 Å². The zero-order valence-corrected chi connectivity index (χ0v) is 16.1. The summed E-state index contributed by atoms with van der Waals surface area (Å²) in [7, 11) is -2.09. The molecule has 4 rings (SSSR count). The summed E-state index contributed by atoms with van der Waals surface area (Å²) < 4.78 is 28.1. The zero-order valence-electron chi connectivity index (χ0n) is 15.3. The molecule has 0 unspecified atom stereocenters. The third-order valence-corrected chi connectivity index (χ3v) is 6.98. The summed E-state index contributed by atoms with van der Waals surface area (Å²) in [5.41, 5.74) is 1.95. The molecular formula is C19H20N4O4S. The Morgan fingerprint density at radius 3 is 2.75 bits per heavy atom. The van der Waals surface area contributed by atoms with Crippen LogP contribution in [0.1, 0.15) is 34.7 Å². The van der Waals surface area contributed by atoms with E-state index in [4.69, 9.17) is 0 Å². The Kier molecular flexibility index (Phi) is 4.64. The van der Waals surface area contributed by atoms with Crippen LogP contribution in [0.25, 0.3) is 11.0 Å². The van der Waals surface area contributed by atoms with E-state index in [0.29, 0.717) is 30.5 Å². The maximum Gasteiger partial charge on any atom is 0.335 e. The van der Waals surface area contributed by atoms with Crippen molar-refractivity contribution in [3.05, 3.63) is 53.6 Å². The molecule has 8 nitrogen and oxygen atoms in total. The van der Waals surface area contributed by atoms with Gasteiger partial charge in [0.05, 0.1) is 5.56 Å². The molecule has 1 aliphatic rings. The highest BCUT2D eigenvalue weighted by Gasteiger charge is 2.33. The molecule has 0 spiro atoms. The van der Waals surface area contributed by atoms with Gasteiger partial charge in [-0.15, -0.1) is 0 Å². The normalized spacial score (nSPS) is 18.4. The molecule has 1 aromatic heterocycles. The molecule has 0 bridgehead atoms. The van der Waals surface area contributed by atoms with Gasteiger partial charge in [-0.05, 0) is 48.6 Å². The van der Waals surface area contributed by atoms with Crippen molar-refractivity contribution in [3.63, 3.8) is 0 Å². The van der Waals surface area contributed by atoms with Crippen LogP contribution in [0.5, 0.6) is 0 Å². The second-order valence-corrected chi connectivity index (χ2v) is 8.85. The van der Waals surface area contributed by atoms with Gasteiger partial charge in [0, 0.05) is 20.1 Å². The second-order valence-electron chi connectivity index (χ2n) is 6.95. The Morgan fingerprint density at radius 1 is 1.18 bits per heavy atom. The van der Waals surface area contributed by atoms with Gasteiger partial charge in [-0.1, -0.05) is 18.2 Å². The summed E-state index contributed by atoms with van der Waals surface area (Å²) in [5, 5.41) is 17.6. The summed E-state index contributed by atoms with van der Waals surface area (Å²) in [6, 6.07) is 11.7. The molecule has 2 aromatic carbocycles. The minimum atomic E-state index is -3.74. The lowest BCUT2D eigenvalue weighted by atomic mass is 9.91. The van der Waals surface area contributed by atoms with Gasteiger partial charge in [-0.3, -0.25) is 0 Å². The monoisotopic (exact) mass is 400 g/mol. The highest BCUT2D eigenvalue weighted by molar-refractivity contribution is 7.89. The summed E-state index contributed by atoms with van der Waals surface area (Å²) in [6.45, 7) is 0.732. The topological polar surface area (TPSA) is 105 Å². The van der Waals surface area contributed by atoms with Crippen LogP contribution in [0.4, 0.5) is 0 Å². The lowest BCUT2D eigenvalue weighted by Gasteiger charge is -2.32. The Morgan fingerprint density at radius 2 is 1.96 bits per heavy atom. The first-order valence-electron chi connectivity index (χ1n) is 9.00. The number of carboxylic acid groups (broad SMARTS) is 1. The first-order chi connectivity index (χ1) is 13.4. The molecule has 0 saturated carbocycles. The van der Waals surface area contributed by atoms with E-state index in [1.54, 1.807) is 37.4 Å². The van der Waals surface area contributed by atoms with E-state index in [1.165, 1.54) is 15.2 Å². The number of nitrogens with zero attached hydrogens (tertiary/aromatic N) is 4. The number of aromatic carboxylic acids is 1. The second kappa shape index (κ2) is 6.99. The number of hydrogen-bond acceptors (Lipinski definition) is 5. The van der Waals surface area contributed by atoms with Crippen LogP contribution in [0, 0.1) is 0 Å². The molecule has 28 heavy (non-hydrogen) atoms. The van der Waals surface area contributed by atoms with E-state index < -0.39 is 16.0 Å². The summed E-state index contributed by atoms with van der Waals surface area (Å²) in [5.74, 6) is -1.04. The fourth-order valence-electron chi connectivity index (χ4n) is 3.72. The fourth-order valence-corrected chi connectivity index (χ4v) is 5.38. The highest BCUT2D eigenvalue weighted by atomic mass is 32.2. The molecule has 1 aliphatic heterocycles. The van der Waals surface area contributed by atoms with E-state index in [0.717, 1.165) is 12.0 Å². The molecule has 1 N–H and O–H groups in total. The molecule has 146 valence electrons. The van der Waals surface area contributed by atoms with Crippen LogP contribution in [0.2, 0.25) is 0 Å². The van der Waals surface area contributed by atoms with Crippen LogP contribution in [-0.2, 0) is 17.1 Å². The molecule has 0 aliphatic carbocycles. The lowest BCUT2D eigenvalue weighted by Crippen LogP contribution is -2.39. The fraction of sp³-hybridized carbons (Fsp3) is 0.316. The van der Waals surface area contributed by atoms with Crippen molar-refractivity contribution in [2.45, 2.75) is 23.7 Å². The quantitative estimate of drug-likeness (QED) is 0.720. The lowest BCUT2D eigenvalue weighted by molar-refractivity contribution is 0.0696. The predicted octanol–water partition coefficient (Wildman–Crippen LogP) is 2.23. The van der Waals surface area contributed by atoms with Crippen LogP contribution >= 0.6 is 0 Å². The molecule has 3 aromatic rings. The first-order valence-corrected chi connectivity index (χ1v) is 10.4. The molecule has 2 heterocycles. The van der Waals surface area contributed by atoms with Crippen molar-refractivity contribution in [1.82, 2.24) is 19.3 Å². The number of sulfonamides is 1. The average Bonchev–Trinajstić information content (AvgIpc) is 3.08. The maximum absolute atomic E-state index is 13.3. The number of hydrogen-bond donors (Lipinski definition) is 1. The maximum atomic E-state index is 13.3. The van der Waals surface area contributed by atoms with Crippen LogP contribution < -0.4 is 0 Å². The standard InChI is InChI=1S/C19H20N4O4S/c1-22-20-16-8-3-9-17(18(16)21-22)28(26,27)23-10-4-7-15(12-23)13-5-2-6-14(11-13)19(24)25/h2-3,5-6,8-9,11,15H,4,7,10,12H2,1H3,(H,24,25)/t15-/m1/s1. The number of benzene rings is 2. The van der Waals surface area contributed by atoms with E-state index >= 15 is 0 Å². The van der Waals surface area contributed by atoms with Gasteiger partial charge in [0.2, 0.25) is 10.0 Å². The number of rotatable bonds is 4.